The van der Waals surface area contributed by atoms with Crippen LogP contribution in [0.4, 0.5) is 0 Å². The minimum absolute atomic E-state index is 0.0711. The Kier molecular flexibility index (Phi) is 3.66. The third-order valence-corrected chi connectivity index (χ3v) is 3.44. The molecule has 5 nitrogen and oxygen atoms in total. The van der Waals surface area contributed by atoms with Crippen LogP contribution in [0.15, 0.2) is 30.5 Å². The van der Waals surface area contributed by atoms with E-state index in [1.54, 1.807) is 25.4 Å². The Morgan fingerprint density at radius 1 is 1.38 bits per heavy atom. The van der Waals surface area contributed by atoms with Crippen LogP contribution in [0.1, 0.15) is 22.9 Å². The van der Waals surface area contributed by atoms with Gasteiger partial charge in [-0.3, -0.25) is 4.98 Å². The van der Waals surface area contributed by atoms with Crippen molar-refractivity contribution in [2.75, 3.05) is 13.7 Å². The van der Waals surface area contributed by atoms with Gasteiger partial charge in [-0.1, -0.05) is 6.07 Å². The van der Waals surface area contributed by atoms with Gasteiger partial charge >= 0.3 is 0 Å². The highest BCUT2D eigenvalue weighted by molar-refractivity contribution is 5.54. The maximum absolute atomic E-state index is 9.25. The number of rotatable bonds is 3. The number of nitrogens with zero attached hydrogens (tertiary/aromatic N) is 1. The molecule has 0 amide bonds. The number of benzene rings is 1. The van der Waals surface area contributed by atoms with Gasteiger partial charge < -0.3 is 19.3 Å². The summed E-state index contributed by atoms with van der Waals surface area (Å²) in [5.74, 6) is 1.71. The van der Waals surface area contributed by atoms with Crippen molar-refractivity contribution in [1.29, 1.82) is 0 Å². The monoisotopic (exact) mass is 287 g/mol. The maximum Gasteiger partial charge on any atom is 0.204 e. The lowest BCUT2D eigenvalue weighted by molar-refractivity contribution is 0.0865. The van der Waals surface area contributed by atoms with Crippen molar-refractivity contribution in [3.05, 3.63) is 47.3 Å². The topological polar surface area (TPSA) is 60.8 Å². The molecular weight excluding hydrogens is 270 g/mol. The number of aryl methyl sites for hydroxylation is 1. The van der Waals surface area contributed by atoms with E-state index in [2.05, 4.69) is 4.98 Å². The van der Waals surface area contributed by atoms with Crippen LogP contribution < -0.4 is 14.2 Å². The SMILES string of the molecule is COc1cc(CO)cc2c1OC(c1ccc(C)nc1)CO2. The zero-order valence-electron chi connectivity index (χ0n) is 12.0. The summed E-state index contributed by atoms with van der Waals surface area (Å²) in [6, 6.07) is 7.44. The number of methoxy groups -OCH3 is 1. The van der Waals surface area contributed by atoms with Crippen molar-refractivity contribution in [1.82, 2.24) is 4.98 Å². The first kappa shape index (κ1) is 13.7. The van der Waals surface area contributed by atoms with Crippen LogP contribution >= 0.6 is 0 Å². The van der Waals surface area contributed by atoms with Crippen molar-refractivity contribution in [2.45, 2.75) is 19.6 Å². The molecule has 110 valence electrons. The predicted molar refractivity (Wildman–Crippen MR) is 76.8 cm³/mol. The molecule has 1 aliphatic rings. The fraction of sp³-hybridized carbons (Fsp3) is 0.312. The van der Waals surface area contributed by atoms with Crippen LogP contribution in [-0.2, 0) is 6.61 Å². The van der Waals surface area contributed by atoms with Gasteiger partial charge in [0.05, 0.1) is 13.7 Å². The lowest BCUT2D eigenvalue weighted by Gasteiger charge is -2.28. The van der Waals surface area contributed by atoms with Crippen LogP contribution in [0.5, 0.6) is 17.2 Å². The third kappa shape index (κ3) is 2.64. The molecule has 1 atom stereocenters. The van der Waals surface area contributed by atoms with Gasteiger partial charge in [-0.15, -0.1) is 0 Å². The number of hydrogen-bond acceptors (Lipinski definition) is 5. The number of aliphatic hydroxyl groups is 1. The van der Waals surface area contributed by atoms with Crippen LogP contribution in [0.3, 0.4) is 0 Å². The fourth-order valence-corrected chi connectivity index (χ4v) is 2.27. The average Bonchev–Trinajstić information content (AvgIpc) is 2.54. The predicted octanol–water partition coefficient (Wildman–Crippen LogP) is 2.40. The minimum Gasteiger partial charge on any atom is -0.493 e. The van der Waals surface area contributed by atoms with E-state index in [1.807, 2.05) is 19.1 Å². The first-order chi connectivity index (χ1) is 10.2. The van der Waals surface area contributed by atoms with Crippen LogP contribution in [-0.4, -0.2) is 23.8 Å². The van der Waals surface area contributed by atoms with Gasteiger partial charge in [-0.2, -0.15) is 0 Å². The van der Waals surface area contributed by atoms with E-state index in [9.17, 15) is 5.11 Å². The number of aliphatic hydroxyl groups excluding tert-OH is 1. The van der Waals surface area contributed by atoms with Crippen molar-refractivity contribution < 1.29 is 19.3 Å². The summed E-state index contributed by atoms with van der Waals surface area (Å²) in [5, 5.41) is 9.25. The summed E-state index contributed by atoms with van der Waals surface area (Å²) in [6.07, 6.45) is 1.57. The molecule has 3 rings (SSSR count). The Labute approximate surface area is 123 Å². The second-order valence-corrected chi connectivity index (χ2v) is 4.93. The molecule has 1 aliphatic heterocycles. The molecule has 21 heavy (non-hydrogen) atoms. The molecule has 0 saturated carbocycles. The summed E-state index contributed by atoms with van der Waals surface area (Å²) in [7, 11) is 1.57. The second-order valence-electron chi connectivity index (χ2n) is 4.93. The van der Waals surface area contributed by atoms with Gasteiger partial charge in [-0.25, -0.2) is 0 Å². The van der Waals surface area contributed by atoms with E-state index in [4.69, 9.17) is 14.2 Å². The second kappa shape index (κ2) is 5.61. The maximum atomic E-state index is 9.25. The highest BCUT2D eigenvalue weighted by Crippen LogP contribution is 2.44. The molecule has 0 bridgehead atoms. The molecule has 0 saturated heterocycles. The summed E-state index contributed by atoms with van der Waals surface area (Å²) in [4.78, 5) is 4.28. The quantitative estimate of drug-likeness (QED) is 0.939. The zero-order chi connectivity index (χ0) is 14.8. The molecule has 1 unspecified atom stereocenters. The molecule has 0 fully saturated rings. The molecule has 0 spiro atoms. The fourth-order valence-electron chi connectivity index (χ4n) is 2.27. The molecule has 5 heteroatoms. The highest BCUT2D eigenvalue weighted by Gasteiger charge is 2.26. The Hall–Kier alpha value is -2.27. The molecule has 1 aromatic carbocycles. The molecule has 2 aromatic rings. The molecule has 0 aliphatic carbocycles. The van der Waals surface area contributed by atoms with Gasteiger partial charge in [-0.05, 0) is 30.7 Å². The lowest BCUT2D eigenvalue weighted by Crippen LogP contribution is -2.22. The number of fused-ring (bicyclic) bond motifs is 1. The van der Waals surface area contributed by atoms with E-state index in [0.29, 0.717) is 23.9 Å². The number of aromatic nitrogens is 1. The molecular formula is C16H17NO4. The minimum atomic E-state index is -0.223. The van der Waals surface area contributed by atoms with Gasteiger partial charge in [0.15, 0.2) is 17.6 Å². The van der Waals surface area contributed by atoms with E-state index in [-0.39, 0.29) is 12.7 Å². The summed E-state index contributed by atoms with van der Waals surface area (Å²) >= 11 is 0. The van der Waals surface area contributed by atoms with E-state index in [1.165, 1.54) is 0 Å². The molecule has 0 radical (unpaired) electrons. The first-order valence-electron chi connectivity index (χ1n) is 6.75. The average molecular weight is 287 g/mol. The molecule has 1 aromatic heterocycles. The smallest absolute Gasteiger partial charge is 0.204 e. The van der Waals surface area contributed by atoms with Crippen molar-refractivity contribution in [3.63, 3.8) is 0 Å². The highest BCUT2D eigenvalue weighted by atomic mass is 16.6. The zero-order valence-corrected chi connectivity index (χ0v) is 12.0. The van der Waals surface area contributed by atoms with Gasteiger partial charge in [0.25, 0.3) is 0 Å². The van der Waals surface area contributed by atoms with Gasteiger partial charge in [0, 0.05) is 17.5 Å². The van der Waals surface area contributed by atoms with Gasteiger partial charge in [0.2, 0.25) is 5.75 Å². The number of ether oxygens (including phenoxy) is 3. The number of hydrogen-bond donors (Lipinski definition) is 1. The molecule has 2 heterocycles. The Balaban J connectivity index is 1.92. The van der Waals surface area contributed by atoms with Crippen molar-refractivity contribution in [2.24, 2.45) is 0 Å². The van der Waals surface area contributed by atoms with Crippen LogP contribution in [0.25, 0.3) is 0 Å². The standard InChI is InChI=1S/C16H17NO4/c1-10-3-4-12(7-17-10)15-9-20-14-6-11(8-18)5-13(19-2)16(14)21-15/h3-7,15,18H,8-9H2,1-2H3. The largest absolute Gasteiger partial charge is 0.493 e. The van der Waals surface area contributed by atoms with Crippen LogP contribution in [0, 0.1) is 6.92 Å². The number of pyridine rings is 1. The van der Waals surface area contributed by atoms with Crippen molar-refractivity contribution in [3.8, 4) is 17.2 Å². The molecule has 1 N–H and O–H groups in total. The third-order valence-electron chi connectivity index (χ3n) is 3.44. The first-order valence-corrected chi connectivity index (χ1v) is 6.75. The van der Waals surface area contributed by atoms with Crippen molar-refractivity contribution >= 4 is 0 Å². The van der Waals surface area contributed by atoms with Crippen LogP contribution in [0.2, 0.25) is 0 Å². The Morgan fingerprint density at radius 2 is 2.24 bits per heavy atom. The van der Waals surface area contributed by atoms with E-state index in [0.717, 1.165) is 16.8 Å². The summed E-state index contributed by atoms with van der Waals surface area (Å²) in [6.45, 7) is 2.27. The lowest BCUT2D eigenvalue weighted by atomic mass is 10.1. The Bertz CT molecular complexity index is 622. The summed E-state index contributed by atoms with van der Waals surface area (Å²) < 4.78 is 17.1. The Morgan fingerprint density at radius 3 is 2.90 bits per heavy atom. The van der Waals surface area contributed by atoms with Gasteiger partial charge in [0.1, 0.15) is 6.61 Å². The summed E-state index contributed by atoms with van der Waals surface area (Å²) in [5.41, 5.74) is 2.64. The van der Waals surface area contributed by atoms with E-state index >= 15 is 0 Å². The normalized spacial score (nSPS) is 16.6. The van der Waals surface area contributed by atoms with E-state index < -0.39 is 0 Å².